The summed E-state index contributed by atoms with van der Waals surface area (Å²) < 4.78 is 7.73. The van der Waals surface area contributed by atoms with Crippen molar-refractivity contribution in [3.05, 3.63) is 46.7 Å². The molecule has 0 radical (unpaired) electrons. The van der Waals surface area contributed by atoms with Crippen molar-refractivity contribution in [3.63, 3.8) is 0 Å². The number of hydrogen-bond acceptors (Lipinski definition) is 3. The van der Waals surface area contributed by atoms with Crippen LogP contribution in [0.25, 0.3) is 0 Å². The van der Waals surface area contributed by atoms with Crippen LogP contribution in [-0.4, -0.2) is 22.4 Å². The average molecular weight is 306 g/mol. The molecule has 0 amide bonds. The van der Waals surface area contributed by atoms with Crippen LogP contribution in [-0.2, 0) is 20.0 Å². The third kappa shape index (κ3) is 3.99. The molecule has 0 spiro atoms. The van der Waals surface area contributed by atoms with Crippen molar-refractivity contribution in [3.8, 4) is 5.75 Å². The third-order valence-corrected chi connectivity index (χ3v) is 3.90. The second-order valence-electron chi connectivity index (χ2n) is 5.50. The fraction of sp³-hybridized carbons (Fsp3) is 0.438. The quantitative estimate of drug-likeness (QED) is 0.855. The third-order valence-electron chi connectivity index (χ3n) is 3.60. The van der Waals surface area contributed by atoms with Crippen LogP contribution in [0.2, 0.25) is 5.02 Å². The summed E-state index contributed by atoms with van der Waals surface area (Å²) in [6.45, 7) is 1.42. The topological polar surface area (TPSA) is 39.1 Å². The largest absolute Gasteiger partial charge is 0.491 e. The molecule has 1 aromatic carbocycles. The standard InChI is InChI=1S/C16H20ClN3O/c1-20-11-12(9-19-20)7-8-21-16-13(3-2-4-15(16)17)10-18-14-5-6-14/h2-4,9,11,14,18H,5-8,10H2,1H3. The zero-order valence-electron chi connectivity index (χ0n) is 12.2. The number of nitrogens with one attached hydrogen (secondary N) is 1. The Kier molecular flexibility index (Phi) is 4.46. The van der Waals surface area contributed by atoms with Crippen molar-refractivity contribution < 1.29 is 4.74 Å². The van der Waals surface area contributed by atoms with Gasteiger partial charge in [-0.05, 0) is 24.5 Å². The maximum atomic E-state index is 6.28. The van der Waals surface area contributed by atoms with Gasteiger partial charge in [-0.25, -0.2) is 0 Å². The van der Waals surface area contributed by atoms with Crippen LogP contribution in [0, 0.1) is 0 Å². The lowest BCUT2D eigenvalue weighted by Gasteiger charge is -2.13. The molecule has 1 aromatic heterocycles. The first kappa shape index (κ1) is 14.4. The monoisotopic (exact) mass is 305 g/mol. The number of aryl methyl sites for hydroxylation is 1. The van der Waals surface area contributed by atoms with Crippen molar-refractivity contribution >= 4 is 11.6 Å². The maximum absolute atomic E-state index is 6.28. The summed E-state index contributed by atoms with van der Waals surface area (Å²) in [5, 5.41) is 8.34. The van der Waals surface area contributed by atoms with Gasteiger partial charge < -0.3 is 10.1 Å². The Balaban J connectivity index is 1.59. The van der Waals surface area contributed by atoms with Gasteiger partial charge >= 0.3 is 0 Å². The zero-order chi connectivity index (χ0) is 14.7. The highest BCUT2D eigenvalue weighted by Crippen LogP contribution is 2.29. The number of rotatable bonds is 7. The number of para-hydroxylation sites is 1. The first-order valence-electron chi connectivity index (χ1n) is 7.33. The van der Waals surface area contributed by atoms with E-state index in [1.807, 2.05) is 31.6 Å². The summed E-state index contributed by atoms with van der Waals surface area (Å²) in [4.78, 5) is 0. The van der Waals surface area contributed by atoms with Crippen LogP contribution in [0.3, 0.4) is 0 Å². The van der Waals surface area contributed by atoms with E-state index < -0.39 is 0 Å². The van der Waals surface area contributed by atoms with Gasteiger partial charge in [-0.15, -0.1) is 0 Å². The lowest BCUT2D eigenvalue weighted by Crippen LogP contribution is -2.16. The van der Waals surface area contributed by atoms with Crippen molar-refractivity contribution in [1.29, 1.82) is 0 Å². The van der Waals surface area contributed by atoms with Gasteiger partial charge in [0.1, 0.15) is 5.75 Å². The second kappa shape index (κ2) is 6.50. The molecule has 0 aliphatic heterocycles. The number of halogens is 1. The van der Waals surface area contributed by atoms with E-state index in [9.17, 15) is 0 Å². The van der Waals surface area contributed by atoms with Crippen LogP contribution in [0.5, 0.6) is 5.75 Å². The molecular formula is C16H20ClN3O. The van der Waals surface area contributed by atoms with Crippen LogP contribution >= 0.6 is 11.6 Å². The summed E-state index contributed by atoms with van der Waals surface area (Å²) in [5.74, 6) is 0.802. The Morgan fingerprint density at radius 2 is 2.29 bits per heavy atom. The van der Waals surface area contributed by atoms with Crippen molar-refractivity contribution in [1.82, 2.24) is 15.1 Å². The van der Waals surface area contributed by atoms with E-state index in [0.29, 0.717) is 17.7 Å². The predicted molar refractivity (Wildman–Crippen MR) is 83.7 cm³/mol. The molecule has 0 bridgehead atoms. The Hall–Kier alpha value is -1.52. The van der Waals surface area contributed by atoms with Crippen molar-refractivity contribution in [2.45, 2.75) is 31.8 Å². The van der Waals surface area contributed by atoms with Crippen molar-refractivity contribution in [2.24, 2.45) is 7.05 Å². The average Bonchev–Trinajstić information content (AvgIpc) is 3.21. The van der Waals surface area contributed by atoms with E-state index in [2.05, 4.69) is 16.5 Å². The molecule has 1 aliphatic carbocycles. The highest BCUT2D eigenvalue weighted by molar-refractivity contribution is 6.32. The molecule has 3 rings (SSSR count). The zero-order valence-corrected chi connectivity index (χ0v) is 12.9. The fourth-order valence-corrected chi connectivity index (χ4v) is 2.52. The molecule has 2 aromatic rings. The normalized spacial score (nSPS) is 14.4. The molecule has 1 heterocycles. The van der Waals surface area contributed by atoms with Gasteiger partial charge in [0.15, 0.2) is 0 Å². The van der Waals surface area contributed by atoms with E-state index in [4.69, 9.17) is 16.3 Å². The fourth-order valence-electron chi connectivity index (χ4n) is 2.27. The van der Waals surface area contributed by atoms with Crippen molar-refractivity contribution in [2.75, 3.05) is 6.61 Å². The Morgan fingerprint density at radius 3 is 3.00 bits per heavy atom. The molecule has 1 fully saturated rings. The van der Waals surface area contributed by atoms with E-state index in [1.165, 1.54) is 18.4 Å². The van der Waals surface area contributed by atoms with Gasteiger partial charge in [0.25, 0.3) is 0 Å². The van der Waals surface area contributed by atoms with Crippen LogP contribution in [0.15, 0.2) is 30.6 Å². The van der Waals surface area contributed by atoms with Gasteiger partial charge in [0.05, 0.1) is 17.8 Å². The lowest BCUT2D eigenvalue weighted by molar-refractivity contribution is 0.318. The molecule has 1 saturated carbocycles. The van der Waals surface area contributed by atoms with E-state index >= 15 is 0 Å². The Bertz CT molecular complexity index is 607. The summed E-state index contributed by atoms with van der Waals surface area (Å²) >= 11 is 6.28. The predicted octanol–water partition coefficient (Wildman–Crippen LogP) is 2.95. The van der Waals surface area contributed by atoms with E-state index in [1.54, 1.807) is 4.68 Å². The minimum absolute atomic E-state index is 0.603. The second-order valence-corrected chi connectivity index (χ2v) is 5.91. The minimum Gasteiger partial charge on any atom is -0.491 e. The first-order valence-corrected chi connectivity index (χ1v) is 7.71. The van der Waals surface area contributed by atoms with Crippen LogP contribution < -0.4 is 10.1 Å². The van der Waals surface area contributed by atoms with Gasteiger partial charge in [-0.3, -0.25) is 4.68 Å². The minimum atomic E-state index is 0.603. The summed E-state index contributed by atoms with van der Waals surface area (Å²) in [5.41, 5.74) is 2.29. The summed E-state index contributed by atoms with van der Waals surface area (Å²) in [7, 11) is 1.92. The lowest BCUT2D eigenvalue weighted by atomic mass is 10.2. The highest BCUT2D eigenvalue weighted by atomic mass is 35.5. The molecule has 4 nitrogen and oxygen atoms in total. The first-order chi connectivity index (χ1) is 10.2. The molecule has 1 aliphatic rings. The SMILES string of the molecule is Cn1cc(CCOc2c(Cl)cccc2CNC2CC2)cn1. The molecule has 21 heavy (non-hydrogen) atoms. The van der Waals surface area contributed by atoms with Gasteiger partial charge in [0, 0.05) is 37.8 Å². The van der Waals surface area contributed by atoms with Gasteiger partial charge in [-0.2, -0.15) is 5.10 Å². The molecule has 0 atom stereocenters. The number of ether oxygens (including phenoxy) is 1. The Morgan fingerprint density at radius 1 is 1.43 bits per heavy atom. The number of nitrogens with zero attached hydrogens (tertiary/aromatic N) is 2. The molecule has 0 unspecified atom stereocenters. The smallest absolute Gasteiger partial charge is 0.142 e. The molecule has 0 saturated heterocycles. The molecule has 1 N–H and O–H groups in total. The molecule has 112 valence electrons. The summed E-state index contributed by atoms with van der Waals surface area (Å²) in [6.07, 6.45) is 7.25. The number of aromatic nitrogens is 2. The Labute approximate surface area is 130 Å². The number of hydrogen-bond donors (Lipinski definition) is 1. The molecule has 5 heteroatoms. The molecular weight excluding hydrogens is 286 g/mol. The van der Waals surface area contributed by atoms with Gasteiger partial charge in [0.2, 0.25) is 0 Å². The number of benzene rings is 1. The van der Waals surface area contributed by atoms with Crippen LogP contribution in [0.4, 0.5) is 0 Å². The van der Waals surface area contributed by atoms with E-state index in [-0.39, 0.29) is 0 Å². The summed E-state index contributed by atoms with van der Waals surface area (Å²) in [6, 6.07) is 6.59. The highest BCUT2D eigenvalue weighted by Gasteiger charge is 2.21. The van der Waals surface area contributed by atoms with Gasteiger partial charge in [-0.1, -0.05) is 23.7 Å². The van der Waals surface area contributed by atoms with E-state index in [0.717, 1.165) is 24.3 Å². The maximum Gasteiger partial charge on any atom is 0.142 e. The van der Waals surface area contributed by atoms with Crippen LogP contribution in [0.1, 0.15) is 24.0 Å².